The van der Waals surface area contributed by atoms with Crippen LogP contribution in [-0.4, -0.2) is 17.8 Å². The van der Waals surface area contributed by atoms with Crippen LogP contribution in [-0.2, 0) is 4.74 Å². The summed E-state index contributed by atoms with van der Waals surface area (Å²) in [6.45, 7) is 0. The van der Waals surface area contributed by atoms with E-state index in [4.69, 9.17) is 9.15 Å². The van der Waals surface area contributed by atoms with Crippen molar-refractivity contribution in [2.75, 3.05) is 7.11 Å². The maximum Gasteiger partial charge on any atom is 0.140 e. The first-order chi connectivity index (χ1) is 6.28. The highest BCUT2D eigenvalue weighted by atomic mass is 16.5. The number of ether oxygens (including phenoxy) is 1. The van der Waals surface area contributed by atoms with Crippen molar-refractivity contribution in [1.29, 1.82) is 0 Å². The molecule has 1 aromatic rings. The molecule has 3 heteroatoms. The van der Waals surface area contributed by atoms with Crippen molar-refractivity contribution in [2.45, 2.75) is 31.0 Å². The molecule has 0 aromatic carbocycles. The summed E-state index contributed by atoms with van der Waals surface area (Å²) in [5.41, 5.74) is -0.391. The van der Waals surface area contributed by atoms with Gasteiger partial charge < -0.3 is 14.3 Å². The first-order valence-corrected chi connectivity index (χ1v) is 4.55. The van der Waals surface area contributed by atoms with Gasteiger partial charge in [-0.15, -0.1) is 0 Å². The molecule has 1 unspecified atom stereocenters. The van der Waals surface area contributed by atoms with Crippen LogP contribution in [0.5, 0.6) is 0 Å². The fourth-order valence-corrected chi connectivity index (χ4v) is 1.82. The number of rotatable bonds is 3. The number of aliphatic hydroxyl groups excluding tert-OH is 1. The summed E-state index contributed by atoms with van der Waals surface area (Å²) in [5.74, 6) is 0.599. The van der Waals surface area contributed by atoms with Crippen molar-refractivity contribution < 1.29 is 14.3 Å². The molecule has 1 atom stereocenters. The van der Waals surface area contributed by atoms with E-state index in [0.29, 0.717) is 5.76 Å². The van der Waals surface area contributed by atoms with E-state index in [0.717, 1.165) is 19.3 Å². The molecule has 1 aliphatic rings. The summed E-state index contributed by atoms with van der Waals surface area (Å²) in [5, 5.41) is 9.96. The molecule has 2 rings (SSSR count). The van der Waals surface area contributed by atoms with Gasteiger partial charge in [0, 0.05) is 7.11 Å². The van der Waals surface area contributed by atoms with E-state index in [1.54, 1.807) is 25.5 Å². The summed E-state index contributed by atoms with van der Waals surface area (Å²) >= 11 is 0. The Morgan fingerprint density at radius 1 is 1.62 bits per heavy atom. The van der Waals surface area contributed by atoms with Crippen molar-refractivity contribution in [1.82, 2.24) is 0 Å². The molecule has 0 aliphatic heterocycles. The van der Waals surface area contributed by atoms with Gasteiger partial charge in [-0.3, -0.25) is 0 Å². The minimum Gasteiger partial charge on any atom is -0.466 e. The fourth-order valence-electron chi connectivity index (χ4n) is 1.82. The van der Waals surface area contributed by atoms with Crippen molar-refractivity contribution in [2.24, 2.45) is 0 Å². The van der Waals surface area contributed by atoms with Crippen LogP contribution in [0.4, 0.5) is 0 Å². The van der Waals surface area contributed by atoms with Gasteiger partial charge in [-0.05, 0) is 31.4 Å². The highest BCUT2D eigenvalue weighted by Gasteiger charge is 2.45. The Kier molecular flexibility index (Phi) is 2.14. The SMILES string of the molecule is COC1(C(O)c2ccco2)CCC1. The molecule has 1 fully saturated rings. The Balaban J connectivity index is 2.16. The van der Waals surface area contributed by atoms with E-state index in [9.17, 15) is 5.11 Å². The van der Waals surface area contributed by atoms with Gasteiger partial charge in [-0.2, -0.15) is 0 Å². The summed E-state index contributed by atoms with van der Waals surface area (Å²) in [6, 6.07) is 3.56. The lowest BCUT2D eigenvalue weighted by Gasteiger charge is -2.43. The van der Waals surface area contributed by atoms with Gasteiger partial charge in [0.15, 0.2) is 0 Å². The van der Waals surface area contributed by atoms with Gasteiger partial charge >= 0.3 is 0 Å². The number of hydrogen-bond acceptors (Lipinski definition) is 3. The molecule has 13 heavy (non-hydrogen) atoms. The molecular weight excluding hydrogens is 168 g/mol. The minimum atomic E-state index is -0.624. The minimum absolute atomic E-state index is 0.391. The molecule has 1 aliphatic carbocycles. The Hall–Kier alpha value is -0.800. The molecule has 0 bridgehead atoms. The van der Waals surface area contributed by atoms with Crippen LogP contribution in [0.3, 0.4) is 0 Å². The Labute approximate surface area is 77.3 Å². The molecule has 0 saturated heterocycles. The third-order valence-electron chi connectivity index (χ3n) is 2.92. The Bertz CT molecular complexity index is 256. The standard InChI is InChI=1S/C10H14O3/c1-12-10(5-3-6-10)9(11)8-4-2-7-13-8/h2,4,7,9,11H,3,5-6H2,1H3. The van der Waals surface area contributed by atoms with Crippen LogP contribution < -0.4 is 0 Å². The fraction of sp³-hybridized carbons (Fsp3) is 0.600. The quantitative estimate of drug-likeness (QED) is 0.776. The van der Waals surface area contributed by atoms with Crippen LogP contribution in [0, 0.1) is 0 Å². The summed E-state index contributed by atoms with van der Waals surface area (Å²) in [6.07, 6.45) is 3.88. The smallest absolute Gasteiger partial charge is 0.140 e. The van der Waals surface area contributed by atoms with Crippen LogP contribution in [0.1, 0.15) is 31.1 Å². The molecule has 3 nitrogen and oxygen atoms in total. The zero-order valence-electron chi connectivity index (χ0n) is 7.69. The van der Waals surface area contributed by atoms with E-state index in [1.807, 2.05) is 0 Å². The van der Waals surface area contributed by atoms with Gasteiger partial charge in [0.05, 0.1) is 6.26 Å². The van der Waals surface area contributed by atoms with E-state index in [1.165, 1.54) is 0 Å². The molecule has 0 radical (unpaired) electrons. The average molecular weight is 182 g/mol. The second kappa shape index (κ2) is 3.16. The zero-order valence-corrected chi connectivity index (χ0v) is 7.69. The number of hydrogen-bond donors (Lipinski definition) is 1. The second-order valence-corrected chi connectivity index (χ2v) is 3.54. The lowest BCUT2D eigenvalue weighted by Crippen LogP contribution is -2.44. The monoisotopic (exact) mass is 182 g/mol. The third-order valence-corrected chi connectivity index (χ3v) is 2.92. The van der Waals surface area contributed by atoms with Gasteiger partial charge in [-0.25, -0.2) is 0 Å². The first kappa shape index (κ1) is 8.78. The third kappa shape index (κ3) is 1.28. The van der Waals surface area contributed by atoms with Crippen LogP contribution in [0.25, 0.3) is 0 Å². The van der Waals surface area contributed by atoms with E-state index >= 15 is 0 Å². The number of aliphatic hydroxyl groups is 1. The Morgan fingerprint density at radius 2 is 2.38 bits per heavy atom. The van der Waals surface area contributed by atoms with Crippen molar-refractivity contribution in [3.63, 3.8) is 0 Å². The van der Waals surface area contributed by atoms with Gasteiger partial charge in [0.25, 0.3) is 0 Å². The van der Waals surface area contributed by atoms with Crippen LogP contribution in [0.2, 0.25) is 0 Å². The second-order valence-electron chi connectivity index (χ2n) is 3.54. The Morgan fingerprint density at radius 3 is 2.77 bits per heavy atom. The van der Waals surface area contributed by atoms with Crippen LogP contribution >= 0.6 is 0 Å². The molecule has 1 aromatic heterocycles. The lowest BCUT2D eigenvalue weighted by molar-refractivity contribution is -0.157. The van der Waals surface area contributed by atoms with Crippen molar-refractivity contribution in [3.8, 4) is 0 Å². The zero-order chi connectivity index (χ0) is 9.31. The van der Waals surface area contributed by atoms with E-state index in [2.05, 4.69) is 0 Å². The van der Waals surface area contributed by atoms with Crippen molar-refractivity contribution in [3.05, 3.63) is 24.2 Å². The van der Waals surface area contributed by atoms with E-state index in [-0.39, 0.29) is 0 Å². The van der Waals surface area contributed by atoms with Gasteiger partial charge in [-0.1, -0.05) is 0 Å². The summed E-state index contributed by atoms with van der Waals surface area (Å²) < 4.78 is 10.5. The van der Waals surface area contributed by atoms with Gasteiger partial charge in [0.2, 0.25) is 0 Å². The maximum atomic E-state index is 9.96. The number of methoxy groups -OCH3 is 1. The normalized spacial score (nSPS) is 22.3. The molecule has 1 N–H and O–H groups in total. The lowest BCUT2D eigenvalue weighted by atomic mass is 9.75. The highest BCUT2D eigenvalue weighted by Crippen LogP contribution is 2.44. The highest BCUT2D eigenvalue weighted by molar-refractivity contribution is 5.10. The molecule has 0 spiro atoms. The summed E-state index contributed by atoms with van der Waals surface area (Å²) in [7, 11) is 1.64. The first-order valence-electron chi connectivity index (χ1n) is 4.55. The predicted molar refractivity (Wildman–Crippen MR) is 47.3 cm³/mol. The predicted octanol–water partition coefficient (Wildman–Crippen LogP) is 1.88. The molecular formula is C10H14O3. The van der Waals surface area contributed by atoms with E-state index < -0.39 is 11.7 Å². The number of furan rings is 1. The van der Waals surface area contributed by atoms with Crippen LogP contribution in [0.15, 0.2) is 22.8 Å². The van der Waals surface area contributed by atoms with Crippen molar-refractivity contribution >= 4 is 0 Å². The molecule has 1 saturated carbocycles. The molecule has 72 valence electrons. The maximum absolute atomic E-state index is 9.96. The molecule has 1 heterocycles. The topological polar surface area (TPSA) is 42.6 Å². The molecule has 0 amide bonds. The largest absolute Gasteiger partial charge is 0.466 e. The van der Waals surface area contributed by atoms with Gasteiger partial charge in [0.1, 0.15) is 17.5 Å². The average Bonchev–Trinajstić information content (AvgIpc) is 2.54. The summed E-state index contributed by atoms with van der Waals surface area (Å²) in [4.78, 5) is 0.